The maximum Gasteiger partial charge on any atom is 0.216 e. The molecule has 0 fully saturated rings. The fourth-order valence-electron chi connectivity index (χ4n) is 2.61. The third kappa shape index (κ3) is 5.53. The van der Waals surface area contributed by atoms with Gasteiger partial charge in [-0.15, -0.1) is 5.10 Å². The minimum atomic E-state index is -0.0404. The lowest BCUT2D eigenvalue weighted by Gasteiger charge is -2.04. The summed E-state index contributed by atoms with van der Waals surface area (Å²) in [5, 5.41) is 10.4. The smallest absolute Gasteiger partial charge is 0.216 e. The van der Waals surface area contributed by atoms with Gasteiger partial charge in [0.2, 0.25) is 11.1 Å². The van der Waals surface area contributed by atoms with Crippen LogP contribution in [0.25, 0.3) is 11.4 Å². The minimum Gasteiger partial charge on any atom is -0.356 e. The van der Waals surface area contributed by atoms with E-state index < -0.39 is 0 Å². The molecule has 0 aliphatic heterocycles. The van der Waals surface area contributed by atoms with Crippen molar-refractivity contribution in [2.45, 2.75) is 25.4 Å². The molecule has 0 unspecified atom stereocenters. The predicted octanol–water partition coefficient (Wildman–Crippen LogP) is 3.43. The zero-order valence-electron chi connectivity index (χ0n) is 15.9. The number of carbonyl (C=O) groups excluding carboxylic acids is 2. The minimum absolute atomic E-state index is 0.0279. The molecule has 3 rings (SSSR count). The molecule has 2 aromatic carbocycles. The van der Waals surface area contributed by atoms with E-state index in [1.807, 2.05) is 55.5 Å². The highest BCUT2D eigenvalue weighted by molar-refractivity contribution is 7.99. The standard InChI is InChI=1S/C21H22N4O2S/c1-14-3-7-18(8-4-14)20-23-21(25-24-20)28-13-19(27)17-9-5-16(6-10-17)11-12-22-15(2)26/h3-10H,11-13H2,1-2H3,(H,22,26)(H,23,24,25). The number of amides is 1. The Balaban J connectivity index is 1.52. The number of H-pyrrole nitrogens is 1. The molecule has 6 nitrogen and oxygen atoms in total. The van der Waals surface area contributed by atoms with E-state index in [0.717, 1.165) is 17.5 Å². The second-order valence-corrected chi connectivity index (χ2v) is 7.42. The number of aromatic nitrogens is 3. The number of ketones is 1. The average molecular weight is 395 g/mol. The Labute approximate surface area is 168 Å². The molecule has 0 saturated heterocycles. The SMILES string of the molecule is CC(=O)NCCc1ccc(C(=O)CSc2n[nH]c(-c3ccc(C)cc3)n2)cc1. The first-order chi connectivity index (χ1) is 13.5. The Kier molecular flexibility index (Phi) is 6.60. The van der Waals surface area contributed by atoms with Gasteiger partial charge < -0.3 is 5.32 Å². The van der Waals surface area contributed by atoms with Crippen LogP contribution >= 0.6 is 11.8 Å². The third-order valence-electron chi connectivity index (χ3n) is 4.19. The van der Waals surface area contributed by atoms with Gasteiger partial charge in [0.25, 0.3) is 0 Å². The van der Waals surface area contributed by atoms with Gasteiger partial charge in [-0.2, -0.15) is 0 Å². The quantitative estimate of drug-likeness (QED) is 0.451. The molecule has 0 aliphatic carbocycles. The summed E-state index contributed by atoms with van der Waals surface area (Å²) in [4.78, 5) is 27.7. The van der Waals surface area contributed by atoms with Gasteiger partial charge in [-0.3, -0.25) is 14.7 Å². The van der Waals surface area contributed by atoms with Crippen molar-refractivity contribution in [3.05, 3.63) is 65.2 Å². The zero-order valence-corrected chi connectivity index (χ0v) is 16.7. The number of thioether (sulfide) groups is 1. The first-order valence-electron chi connectivity index (χ1n) is 9.00. The number of carbonyl (C=O) groups is 2. The number of hydrogen-bond donors (Lipinski definition) is 2. The van der Waals surface area contributed by atoms with Crippen molar-refractivity contribution in [3.63, 3.8) is 0 Å². The van der Waals surface area contributed by atoms with Gasteiger partial charge in [0.1, 0.15) is 0 Å². The van der Waals surface area contributed by atoms with Crippen LogP contribution in [0.15, 0.2) is 53.7 Å². The van der Waals surface area contributed by atoms with Crippen molar-refractivity contribution in [1.82, 2.24) is 20.5 Å². The Morgan fingerprint density at radius 3 is 2.46 bits per heavy atom. The Morgan fingerprint density at radius 2 is 1.79 bits per heavy atom. The summed E-state index contributed by atoms with van der Waals surface area (Å²) in [5.74, 6) is 0.955. The summed E-state index contributed by atoms with van der Waals surface area (Å²) in [6.07, 6.45) is 0.738. The topological polar surface area (TPSA) is 87.7 Å². The number of aromatic amines is 1. The van der Waals surface area contributed by atoms with Crippen molar-refractivity contribution in [2.75, 3.05) is 12.3 Å². The van der Waals surface area contributed by atoms with Crippen molar-refractivity contribution in [1.29, 1.82) is 0 Å². The van der Waals surface area contributed by atoms with Gasteiger partial charge in [0.05, 0.1) is 5.75 Å². The summed E-state index contributed by atoms with van der Waals surface area (Å²) in [6, 6.07) is 15.5. The number of nitrogens with one attached hydrogen (secondary N) is 2. The largest absolute Gasteiger partial charge is 0.356 e. The van der Waals surface area contributed by atoms with E-state index in [9.17, 15) is 9.59 Å². The molecular formula is C21H22N4O2S. The van der Waals surface area contributed by atoms with Crippen LogP contribution < -0.4 is 5.32 Å². The lowest BCUT2D eigenvalue weighted by atomic mass is 10.1. The zero-order chi connectivity index (χ0) is 19.9. The molecule has 0 atom stereocenters. The lowest BCUT2D eigenvalue weighted by molar-refractivity contribution is -0.118. The average Bonchev–Trinajstić information content (AvgIpc) is 3.16. The molecule has 0 radical (unpaired) electrons. The van der Waals surface area contributed by atoms with Gasteiger partial charge in [-0.25, -0.2) is 4.98 Å². The molecule has 2 N–H and O–H groups in total. The Hall–Kier alpha value is -2.93. The van der Waals surface area contributed by atoms with Crippen molar-refractivity contribution in [2.24, 2.45) is 0 Å². The van der Waals surface area contributed by atoms with Crippen LogP contribution in [-0.4, -0.2) is 39.2 Å². The summed E-state index contributed by atoms with van der Waals surface area (Å²) in [7, 11) is 0. The number of benzene rings is 2. The second-order valence-electron chi connectivity index (χ2n) is 6.47. The number of nitrogens with zero attached hydrogens (tertiary/aromatic N) is 2. The van der Waals surface area contributed by atoms with E-state index in [1.165, 1.54) is 24.2 Å². The molecule has 28 heavy (non-hydrogen) atoms. The van der Waals surface area contributed by atoms with Crippen LogP contribution in [0.5, 0.6) is 0 Å². The molecule has 0 aliphatic rings. The van der Waals surface area contributed by atoms with E-state index in [4.69, 9.17) is 0 Å². The van der Waals surface area contributed by atoms with Crippen LogP contribution in [0, 0.1) is 6.92 Å². The van der Waals surface area contributed by atoms with Gasteiger partial charge in [0, 0.05) is 24.6 Å². The predicted molar refractivity (Wildman–Crippen MR) is 110 cm³/mol. The molecular weight excluding hydrogens is 372 g/mol. The summed E-state index contributed by atoms with van der Waals surface area (Å²) in [6.45, 7) is 4.12. The molecule has 144 valence electrons. The van der Waals surface area contributed by atoms with Crippen LogP contribution in [0.2, 0.25) is 0 Å². The van der Waals surface area contributed by atoms with Gasteiger partial charge in [-0.1, -0.05) is 65.9 Å². The van der Waals surface area contributed by atoms with E-state index in [0.29, 0.717) is 23.1 Å². The lowest BCUT2D eigenvalue weighted by Crippen LogP contribution is -2.22. The van der Waals surface area contributed by atoms with Crippen molar-refractivity contribution >= 4 is 23.5 Å². The van der Waals surface area contributed by atoms with Gasteiger partial charge in [-0.05, 0) is 18.9 Å². The highest BCUT2D eigenvalue weighted by Gasteiger charge is 2.11. The fourth-order valence-corrected chi connectivity index (χ4v) is 3.30. The second kappa shape index (κ2) is 9.32. The monoisotopic (exact) mass is 394 g/mol. The van der Waals surface area contributed by atoms with Crippen LogP contribution in [-0.2, 0) is 11.2 Å². The summed E-state index contributed by atoms with van der Waals surface area (Å²) >= 11 is 1.31. The van der Waals surface area contributed by atoms with Gasteiger partial charge >= 0.3 is 0 Å². The van der Waals surface area contributed by atoms with E-state index in [-0.39, 0.29) is 17.4 Å². The molecule has 0 saturated carbocycles. The molecule has 1 heterocycles. The Morgan fingerprint density at radius 1 is 1.07 bits per heavy atom. The van der Waals surface area contributed by atoms with Crippen molar-refractivity contribution in [3.8, 4) is 11.4 Å². The maximum atomic E-state index is 12.4. The highest BCUT2D eigenvalue weighted by atomic mass is 32.2. The van der Waals surface area contributed by atoms with Crippen LogP contribution in [0.4, 0.5) is 0 Å². The first kappa shape index (κ1) is 19.8. The van der Waals surface area contributed by atoms with E-state index in [1.54, 1.807) is 0 Å². The molecule has 1 amide bonds. The normalized spacial score (nSPS) is 10.6. The number of Topliss-reactive ketones (excluding diaryl/α,β-unsaturated/α-hetero) is 1. The number of aryl methyl sites for hydroxylation is 1. The molecule has 1 aromatic heterocycles. The molecule has 0 spiro atoms. The fraction of sp³-hybridized carbons (Fsp3) is 0.238. The third-order valence-corrected chi connectivity index (χ3v) is 5.03. The van der Waals surface area contributed by atoms with Crippen LogP contribution in [0.3, 0.4) is 0 Å². The van der Waals surface area contributed by atoms with E-state index >= 15 is 0 Å². The van der Waals surface area contributed by atoms with Crippen LogP contribution in [0.1, 0.15) is 28.4 Å². The van der Waals surface area contributed by atoms with Crippen molar-refractivity contribution < 1.29 is 9.59 Å². The first-order valence-corrected chi connectivity index (χ1v) is 9.98. The van der Waals surface area contributed by atoms with E-state index in [2.05, 4.69) is 20.5 Å². The highest BCUT2D eigenvalue weighted by Crippen LogP contribution is 2.20. The summed E-state index contributed by atoms with van der Waals surface area (Å²) in [5.41, 5.74) is 3.88. The van der Waals surface area contributed by atoms with Gasteiger partial charge in [0.15, 0.2) is 11.6 Å². The number of hydrogen-bond acceptors (Lipinski definition) is 5. The summed E-state index contributed by atoms with van der Waals surface area (Å²) < 4.78 is 0. The Bertz CT molecular complexity index is 949. The maximum absolute atomic E-state index is 12.4. The molecule has 3 aromatic rings. The number of rotatable bonds is 8. The molecule has 0 bridgehead atoms. The molecule has 7 heteroatoms.